The number of carboxylic acids is 1. The van der Waals surface area contributed by atoms with Crippen molar-refractivity contribution >= 4 is 33.0 Å². The van der Waals surface area contributed by atoms with Crippen molar-refractivity contribution in [2.75, 3.05) is 4.72 Å². The average Bonchev–Trinajstić information content (AvgIpc) is 2.99. The fourth-order valence-corrected chi connectivity index (χ4v) is 4.40. The van der Waals surface area contributed by atoms with Crippen LogP contribution in [0.5, 0.6) is 0 Å². The summed E-state index contributed by atoms with van der Waals surface area (Å²) in [5, 5.41) is 9.35. The fraction of sp³-hybridized carbons (Fsp3) is 0. The van der Waals surface area contributed by atoms with Crippen molar-refractivity contribution in [3.8, 4) is 10.4 Å². The molecule has 0 saturated heterocycles. The number of benzene rings is 2. The Bertz CT molecular complexity index is 1030. The quantitative estimate of drug-likeness (QED) is 0.703. The Morgan fingerprint density at radius 1 is 1.04 bits per heavy atom. The Balaban J connectivity index is 2.04. The Morgan fingerprint density at radius 3 is 2.32 bits per heavy atom. The summed E-state index contributed by atoms with van der Waals surface area (Å²) in [5.41, 5.74) is 0.658. The van der Waals surface area contributed by atoms with Gasteiger partial charge in [-0.2, -0.15) is 0 Å². The highest BCUT2D eigenvalue weighted by molar-refractivity contribution is 7.92. The number of halogens is 1. The number of carboxylic acid groups (broad SMARTS) is 1. The monoisotopic (exact) mass is 377 g/mol. The Kier molecular flexibility index (Phi) is 4.56. The molecule has 0 radical (unpaired) electrons. The summed E-state index contributed by atoms with van der Waals surface area (Å²) in [5.74, 6) is -2.18. The molecular weight excluding hydrogens is 365 g/mol. The van der Waals surface area contributed by atoms with Gasteiger partial charge in [-0.15, -0.1) is 11.3 Å². The summed E-state index contributed by atoms with van der Waals surface area (Å²) in [6.07, 6.45) is 0. The van der Waals surface area contributed by atoms with Crippen molar-refractivity contribution in [3.05, 3.63) is 71.4 Å². The van der Waals surface area contributed by atoms with Crippen LogP contribution in [0.4, 0.5) is 10.1 Å². The second-order valence-corrected chi connectivity index (χ2v) is 7.76. The number of sulfonamides is 1. The molecule has 0 bridgehead atoms. The van der Waals surface area contributed by atoms with E-state index in [2.05, 4.69) is 4.72 Å². The molecule has 0 aliphatic carbocycles. The lowest BCUT2D eigenvalue weighted by Crippen LogP contribution is -2.15. The lowest BCUT2D eigenvalue weighted by molar-refractivity contribution is 0.0703. The lowest BCUT2D eigenvalue weighted by Gasteiger charge is -2.08. The highest BCUT2D eigenvalue weighted by Gasteiger charge is 2.24. The minimum atomic E-state index is -4.25. The molecule has 0 atom stereocenters. The standard InChI is InChI=1S/C17H12FNO4S2/c18-12-8-4-5-9-15(12)25(22,23)19-13-10-14(24-16(13)17(20)21)11-6-2-1-3-7-11/h1-10,19H,(H,20,21). The van der Waals surface area contributed by atoms with Crippen LogP contribution in [0.25, 0.3) is 10.4 Å². The van der Waals surface area contributed by atoms with Gasteiger partial charge in [0.25, 0.3) is 10.0 Å². The number of carbonyl (C=O) groups is 1. The SMILES string of the molecule is O=C(O)c1sc(-c2ccccc2)cc1NS(=O)(=O)c1ccccc1F. The minimum Gasteiger partial charge on any atom is -0.477 e. The van der Waals surface area contributed by atoms with Gasteiger partial charge in [-0.1, -0.05) is 42.5 Å². The van der Waals surface area contributed by atoms with Gasteiger partial charge in [0.2, 0.25) is 0 Å². The van der Waals surface area contributed by atoms with Gasteiger partial charge in [0.15, 0.2) is 0 Å². The Hall–Kier alpha value is -2.71. The zero-order chi connectivity index (χ0) is 18.0. The number of nitrogens with one attached hydrogen (secondary N) is 1. The number of rotatable bonds is 5. The molecule has 5 nitrogen and oxygen atoms in total. The van der Waals surface area contributed by atoms with E-state index in [-0.39, 0.29) is 10.6 Å². The van der Waals surface area contributed by atoms with Crippen LogP contribution in [0.2, 0.25) is 0 Å². The molecule has 128 valence electrons. The van der Waals surface area contributed by atoms with E-state index in [0.29, 0.717) is 4.88 Å². The summed E-state index contributed by atoms with van der Waals surface area (Å²) in [6, 6.07) is 15.3. The first-order valence-corrected chi connectivity index (χ1v) is 9.38. The average molecular weight is 377 g/mol. The predicted molar refractivity (Wildman–Crippen MR) is 93.9 cm³/mol. The number of hydrogen-bond donors (Lipinski definition) is 2. The molecule has 0 unspecified atom stereocenters. The maximum absolute atomic E-state index is 13.8. The van der Waals surface area contributed by atoms with Crippen LogP contribution in [0.3, 0.4) is 0 Å². The smallest absolute Gasteiger partial charge is 0.348 e. The molecule has 0 amide bonds. The molecule has 0 aliphatic heterocycles. The van der Waals surface area contributed by atoms with Crippen LogP contribution in [-0.2, 0) is 10.0 Å². The van der Waals surface area contributed by atoms with Crippen LogP contribution in [0.1, 0.15) is 9.67 Å². The summed E-state index contributed by atoms with van der Waals surface area (Å²) in [6.45, 7) is 0. The van der Waals surface area contributed by atoms with Crippen LogP contribution in [0, 0.1) is 5.82 Å². The normalized spacial score (nSPS) is 11.2. The molecule has 0 saturated carbocycles. The van der Waals surface area contributed by atoms with Crippen molar-refractivity contribution in [2.24, 2.45) is 0 Å². The molecule has 3 aromatic rings. The second kappa shape index (κ2) is 6.66. The zero-order valence-corrected chi connectivity index (χ0v) is 14.3. The summed E-state index contributed by atoms with van der Waals surface area (Å²) >= 11 is 0.941. The number of aromatic carboxylic acids is 1. The molecule has 25 heavy (non-hydrogen) atoms. The van der Waals surface area contributed by atoms with Gasteiger partial charge in [-0.05, 0) is 23.8 Å². The van der Waals surface area contributed by atoms with Crippen LogP contribution < -0.4 is 4.72 Å². The van der Waals surface area contributed by atoms with Gasteiger partial charge < -0.3 is 5.11 Å². The highest BCUT2D eigenvalue weighted by Crippen LogP contribution is 2.36. The van der Waals surface area contributed by atoms with E-state index in [1.807, 2.05) is 6.07 Å². The van der Waals surface area contributed by atoms with Gasteiger partial charge >= 0.3 is 5.97 Å². The van der Waals surface area contributed by atoms with Gasteiger partial charge in [-0.3, -0.25) is 4.72 Å². The third-order valence-electron chi connectivity index (χ3n) is 3.36. The lowest BCUT2D eigenvalue weighted by atomic mass is 10.2. The van der Waals surface area contributed by atoms with Gasteiger partial charge in [0.1, 0.15) is 15.6 Å². The maximum Gasteiger partial charge on any atom is 0.348 e. The number of thiophene rings is 1. The largest absolute Gasteiger partial charge is 0.477 e. The predicted octanol–water partition coefficient (Wildman–Crippen LogP) is 4.05. The van der Waals surface area contributed by atoms with Gasteiger partial charge in [-0.25, -0.2) is 17.6 Å². The van der Waals surface area contributed by atoms with E-state index in [9.17, 15) is 22.7 Å². The second-order valence-electron chi connectivity index (χ2n) is 5.06. The van der Waals surface area contributed by atoms with Crippen molar-refractivity contribution in [1.29, 1.82) is 0 Å². The van der Waals surface area contributed by atoms with Crippen LogP contribution in [-0.4, -0.2) is 19.5 Å². The molecule has 0 spiro atoms. The topological polar surface area (TPSA) is 83.5 Å². The van der Waals surface area contributed by atoms with Crippen LogP contribution in [0.15, 0.2) is 65.6 Å². The first kappa shape index (κ1) is 17.1. The molecule has 8 heteroatoms. The van der Waals surface area contributed by atoms with Gasteiger partial charge in [0, 0.05) is 4.88 Å². The van der Waals surface area contributed by atoms with E-state index < -0.39 is 26.7 Å². The minimum absolute atomic E-state index is 0.0976. The molecule has 2 aromatic carbocycles. The van der Waals surface area contributed by atoms with E-state index in [0.717, 1.165) is 29.0 Å². The Morgan fingerprint density at radius 2 is 1.68 bits per heavy atom. The third-order valence-corrected chi connectivity index (χ3v) is 5.93. The van der Waals surface area contributed by atoms with Crippen molar-refractivity contribution in [3.63, 3.8) is 0 Å². The van der Waals surface area contributed by atoms with E-state index in [1.165, 1.54) is 18.2 Å². The third kappa shape index (κ3) is 3.54. The molecule has 2 N–H and O–H groups in total. The number of anilines is 1. The van der Waals surface area contributed by atoms with E-state index >= 15 is 0 Å². The molecule has 0 fully saturated rings. The summed E-state index contributed by atoms with van der Waals surface area (Å²) < 4.78 is 40.8. The molecule has 0 aliphatic rings. The first-order valence-electron chi connectivity index (χ1n) is 7.08. The molecule has 3 rings (SSSR count). The van der Waals surface area contributed by atoms with E-state index in [4.69, 9.17) is 0 Å². The highest BCUT2D eigenvalue weighted by atomic mass is 32.2. The maximum atomic E-state index is 13.8. The first-order chi connectivity index (χ1) is 11.9. The summed E-state index contributed by atoms with van der Waals surface area (Å²) in [4.78, 5) is 11.3. The molecular formula is C17H12FNO4S2. The Labute approximate surface area is 147 Å². The van der Waals surface area contributed by atoms with Crippen molar-refractivity contribution in [1.82, 2.24) is 0 Å². The molecule has 1 aromatic heterocycles. The number of hydrogen-bond acceptors (Lipinski definition) is 4. The fourth-order valence-electron chi connectivity index (χ4n) is 2.23. The van der Waals surface area contributed by atoms with Crippen molar-refractivity contribution < 1.29 is 22.7 Å². The van der Waals surface area contributed by atoms with E-state index in [1.54, 1.807) is 24.3 Å². The van der Waals surface area contributed by atoms with Crippen molar-refractivity contribution in [2.45, 2.75) is 4.90 Å². The summed E-state index contributed by atoms with van der Waals surface area (Å²) in [7, 11) is -4.25. The van der Waals surface area contributed by atoms with Gasteiger partial charge in [0.05, 0.1) is 5.69 Å². The molecule has 1 heterocycles. The zero-order valence-electron chi connectivity index (χ0n) is 12.6. The van der Waals surface area contributed by atoms with Crippen LogP contribution >= 0.6 is 11.3 Å².